The smallest absolute Gasteiger partial charge is 0.123 e. The summed E-state index contributed by atoms with van der Waals surface area (Å²) in [5.74, 6) is 1.35. The maximum Gasteiger partial charge on any atom is 0.123 e. The SMILES string of the molecule is COc1ccccc1C(C#N)CCCOc1ccc(Cl)cc1. The maximum atomic E-state index is 9.39. The standard InChI is InChI=1S/C18H18ClNO2/c1-21-18-7-3-2-6-17(18)14(13-20)5-4-12-22-16-10-8-15(19)9-11-16/h2-3,6-11,14H,4-5,12H2,1H3. The molecule has 0 aliphatic heterocycles. The third-order valence-corrected chi connectivity index (χ3v) is 3.64. The Bertz CT molecular complexity index is 634. The maximum absolute atomic E-state index is 9.39. The molecule has 0 radical (unpaired) electrons. The van der Waals surface area contributed by atoms with E-state index in [9.17, 15) is 5.26 Å². The largest absolute Gasteiger partial charge is 0.496 e. The molecule has 0 amide bonds. The van der Waals surface area contributed by atoms with Gasteiger partial charge in [-0.15, -0.1) is 0 Å². The quantitative estimate of drug-likeness (QED) is 0.688. The van der Waals surface area contributed by atoms with Crippen LogP contribution in [0.15, 0.2) is 48.5 Å². The lowest BCUT2D eigenvalue weighted by atomic mass is 9.95. The van der Waals surface area contributed by atoms with Crippen molar-refractivity contribution < 1.29 is 9.47 Å². The van der Waals surface area contributed by atoms with E-state index in [1.165, 1.54) is 0 Å². The number of rotatable bonds is 7. The summed E-state index contributed by atoms with van der Waals surface area (Å²) in [6, 6.07) is 17.3. The minimum Gasteiger partial charge on any atom is -0.496 e. The summed E-state index contributed by atoms with van der Waals surface area (Å²) in [6.07, 6.45) is 1.52. The van der Waals surface area contributed by atoms with Crippen molar-refractivity contribution in [3.8, 4) is 17.6 Å². The van der Waals surface area contributed by atoms with E-state index in [0.29, 0.717) is 11.6 Å². The summed E-state index contributed by atoms with van der Waals surface area (Å²) < 4.78 is 11.0. The summed E-state index contributed by atoms with van der Waals surface area (Å²) in [6.45, 7) is 0.564. The third kappa shape index (κ3) is 4.41. The Morgan fingerprint density at radius 3 is 2.55 bits per heavy atom. The van der Waals surface area contributed by atoms with Crippen LogP contribution in [0.2, 0.25) is 5.02 Å². The Morgan fingerprint density at radius 2 is 1.86 bits per heavy atom. The van der Waals surface area contributed by atoms with Crippen molar-refractivity contribution >= 4 is 11.6 Å². The summed E-state index contributed by atoms with van der Waals surface area (Å²) >= 11 is 5.83. The predicted molar refractivity (Wildman–Crippen MR) is 87.5 cm³/mol. The molecule has 2 aromatic carbocycles. The van der Waals surface area contributed by atoms with E-state index < -0.39 is 0 Å². The molecule has 114 valence electrons. The highest BCUT2D eigenvalue weighted by Crippen LogP contribution is 2.29. The second-order valence-electron chi connectivity index (χ2n) is 4.87. The van der Waals surface area contributed by atoms with Gasteiger partial charge in [-0.2, -0.15) is 5.26 Å². The fourth-order valence-corrected chi connectivity index (χ4v) is 2.38. The fraction of sp³-hybridized carbons (Fsp3) is 0.278. The topological polar surface area (TPSA) is 42.2 Å². The van der Waals surface area contributed by atoms with Crippen molar-refractivity contribution in [1.82, 2.24) is 0 Å². The van der Waals surface area contributed by atoms with E-state index in [0.717, 1.165) is 29.9 Å². The highest BCUT2D eigenvalue weighted by molar-refractivity contribution is 6.30. The average Bonchev–Trinajstić information content (AvgIpc) is 2.57. The molecule has 3 nitrogen and oxygen atoms in total. The molecule has 0 aliphatic rings. The van der Waals surface area contributed by atoms with Gasteiger partial charge in [-0.3, -0.25) is 0 Å². The molecule has 0 saturated heterocycles. The predicted octanol–water partition coefficient (Wildman–Crippen LogP) is 4.81. The number of hydrogen-bond acceptors (Lipinski definition) is 3. The van der Waals surface area contributed by atoms with Crippen LogP contribution in [0, 0.1) is 11.3 Å². The summed E-state index contributed by atoms with van der Waals surface area (Å²) in [5.41, 5.74) is 0.930. The Labute approximate surface area is 136 Å². The van der Waals surface area contributed by atoms with E-state index in [-0.39, 0.29) is 5.92 Å². The summed E-state index contributed by atoms with van der Waals surface area (Å²) in [7, 11) is 1.62. The number of para-hydroxylation sites is 1. The lowest BCUT2D eigenvalue weighted by molar-refractivity contribution is 0.304. The van der Waals surface area contributed by atoms with Gasteiger partial charge in [0.15, 0.2) is 0 Å². The van der Waals surface area contributed by atoms with E-state index >= 15 is 0 Å². The molecule has 0 N–H and O–H groups in total. The van der Waals surface area contributed by atoms with E-state index in [4.69, 9.17) is 21.1 Å². The van der Waals surface area contributed by atoms with Gasteiger partial charge in [0, 0.05) is 10.6 Å². The number of methoxy groups -OCH3 is 1. The summed E-state index contributed by atoms with van der Waals surface area (Å²) in [5, 5.41) is 10.1. The monoisotopic (exact) mass is 315 g/mol. The van der Waals surface area contributed by atoms with Crippen LogP contribution < -0.4 is 9.47 Å². The second kappa shape index (κ2) is 8.31. The van der Waals surface area contributed by atoms with Crippen molar-refractivity contribution in [3.05, 3.63) is 59.1 Å². The Morgan fingerprint density at radius 1 is 1.14 bits per heavy atom. The highest BCUT2D eigenvalue weighted by Gasteiger charge is 2.14. The molecule has 0 spiro atoms. The molecule has 1 unspecified atom stereocenters. The molecule has 0 fully saturated rings. The van der Waals surface area contributed by atoms with Crippen LogP contribution in [0.4, 0.5) is 0 Å². The zero-order valence-corrected chi connectivity index (χ0v) is 13.2. The van der Waals surface area contributed by atoms with Crippen molar-refractivity contribution in [2.45, 2.75) is 18.8 Å². The Balaban J connectivity index is 1.86. The van der Waals surface area contributed by atoms with Gasteiger partial charge in [-0.1, -0.05) is 29.8 Å². The van der Waals surface area contributed by atoms with Gasteiger partial charge in [0.05, 0.1) is 25.7 Å². The van der Waals surface area contributed by atoms with Gasteiger partial charge in [0.25, 0.3) is 0 Å². The van der Waals surface area contributed by atoms with Crippen LogP contribution >= 0.6 is 11.6 Å². The molecule has 0 bridgehead atoms. The van der Waals surface area contributed by atoms with Crippen molar-refractivity contribution in [1.29, 1.82) is 5.26 Å². The van der Waals surface area contributed by atoms with Crippen molar-refractivity contribution in [2.75, 3.05) is 13.7 Å². The molecule has 1 atom stereocenters. The molecule has 0 aromatic heterocycles. The van der Waals surface area contributed by atoms with Crippen LogP contribution in [0.3, 0.4) is 0 Å². The number of ether oxygens (including phenoxy) is 2. The van der Waals surface area contributed by atoms with Crippen LogP contribution in [0.25, 0.3) is 0 Å². The zero-order valence-electron chi connectivity index (χ0n) is 12.5. The molecule has 0 heterocycles. The van der Waals surface area contributed by atoms with Crippen LogP contribution in [0.1, 0.15) is 24.3 Å². The second-order valence-corrected chi connectivity index (χ2v) is 5.30. The molecular weight excluding hydrogens is 298 g/mol. The van der Waals surface area contributed by atoms with Crippen LogP contribution in [-0.2, 0) is 0 Å². The minimum atomic E-state index is -0.190. The molecule has 0 aliphatic carbocycles. The lowest BCUT2D eigenvalue weighted by Crippen LogP contribution is -2.03. The highest BCUT2D eigenvalue weighted by atomic mass is 35.5. The van der Waals surface area contributed by atoms with E-state index in [2.05, 4.69) is 6.07 Å². The van der Waals surface area contributed by atoms with Gasteiger partial charge in [0.2, 0.25) is 0 Å². The fourth-order valence-electron chi connectivity index (χ4n) is 2.25. The van der Waals surface area contributed by atoms with E-state index in [1.54, 1.807) is 19.2 Å². The molecule has 4 heteroatoms. The Kier molecular flexibility index (Phi) is 6.12. The number of halogens is 1. The van der Waals surface area contributed by atoms with Crippen LogP contribution in [0.5, 0.6) is 11.5 Å². The normalized spacial score (nSPS) is 11.5. The molecule has 22 heavy (non-hydrogen) atoms. The minimum absolute atomic E-state index is 0.190. The van der Waals surface area contributed by atoms with Gasteiger partial charge in [-0.25, -0.2) is 0 Å². The lowest BCUT2D eigenvalue weighted by Gasteiger charge is -2.13. The third-order valence-electron chi connectivity index (χ3n) is 3.39. The first-order chi connectivity index (χ1) is 10.7. The average molecular weight is 316 g/mol. The summed E-state index contributed by atoms with van der Waals surface area (Å²) in [4.78, 5) is 0. The number of benzene rings is 2. The zero-order chi connectivity index (χ0) is 15.8. The first-order valence-corrected chi connectivity index (χ1v) is 7.53. The van der Waals surface area contributed by atoms with E-state index in [1.807, 2.05) is 36.4 Å². The van der Waals surface area contributed by atoms with Gasteiger partial charge in [-0.05, 0) is 43.2 Å². The Hall–Kier alpha value is -2.18. The number of nitrogens with zero attached hydrogens (tertiary/aromatic N) is 1. The van der Waals surface area contributed by atoms with Gasteiger partial charge < -0.3 is 9.47 Å². The first-order valence-electron chi connectivity index (χ1n) is 7.15. The molecule has 0 saturated carbocycles. The first kappa shape index (κ1) is 16.2. The number of hydrogen-bond donors (Lipinski definition) is 0. The van der Waals surface area contributed by atoms with Crippen molar-refractivity contribution in [3.63, 3.8) is 0 Å². The molecular formula is C18H18ClNO2. The molecule has 2 rings (SSSR count). The van der Waals surface area contributed by atoms with Crippen molar-refractivity contribution in [2.24, 2.45) is 0 Å². The molecule has 2 aromatic rings. The van der Waals surface area contributed by atoms with Gasteiger partial charge in [0.1, 0.15) is 11.5 Å². The number of nitriles is 1. The van der Waals surface area contributed by atoms with Crippen LogP contribution in [-0.4, -0.2) is 13.7 Å². The van der Waals surface area contributed by atoms with Gasteiger partial charge >= 0.3 is 0 Å².